The maximum Gasteiger partial charge on any atom is 0.0762 e. The predicted molar refractivity (Wildman–Crippen MR) is 80.8 cm³/mol. The summed E-state index contributed by atoms with van der Waals surface area (Å²) >= 11 is 0. The first-order valence-corrected chi connectivity index (χ1v) is 7.32. The third-order valence-corrected chi connectivity index (χ3v) is 3.84. The van der Waals surface area contributed by atoms with Gasteiger partial charge in [-0.1, -0.05) is 19.1 Å². The van der Waals surface area contributed by atoms with E-state index in [2.05, 4.69) is 42.3 Å². The lowest BCUT2D eigenvalue weighted by Crippen LogP contribution is -2.23. The summed E-state index contributed by atoms with van der Waals surface area (Å²) in [6, 6.07) is 6.81. The molecule has 0 spiro atoms. The molecule has 1 unspecified atom stereocenters. The molecule has 0 bridgehead atoms. The van der Waals surface area contributed by atoms with Crippen molar-refractivity contribution >= 4 is 5.69 Å². The number of rotatable bonds is 6. The third kappa shape index (κ3) is 3.71. The van der Waals surface area contributed by atoms with E-state index < -0.39 is 0 Å². The van der Waals surface area contributed by atoms with Gasteiger partial charge in [0.1, 0.15) is 0 Å². The van der Waals surface area contributed by atoms with Crippen LogP contribution in [0.2, 0.25) is 0 Å². The highest BCUT2D eigenvalue weighted by Gasteiger charge is 2.23. The van der Waals surface area contributed by atoms with Gasteiger partial charge < -0.3 is 15.0 Å². The number of nitrogens with zero attached hydrogens (tertiary/aromatic N) is 1. The Hall–Kier alpha value is -1.06. The lowest BCUT2D eigenvalue weighted by Gasteiger charge is -2.21. The minimum absolute atomic E-state index is 0.394. The van der Waals surface area contributed by atoms with Crippen LogP contribution in [0.3, 0.4) is 0 Å². The monoisotopic (exact) mass is 262 g/mol. The molecule has 1 aliphatic heterocycles. The SMILES string of the molecule is CCCNCc1ccc(N2CCC(OC)C2)c(C)c1. The Bertz CT molecular complexity index is 406. The first-order valence-electron chi connectivity index (χ1n) is 7.32. The number of benzene rings is 1. The molecule has 19 heavy (non-hydrogen) atoms. The molecule has 1 fully saturated rings. The van der Waals surface area contributed by atoms with Crippen LogP contribution in [0.1, 0.15) is 30.9 Å². The van der Waals surface area contributed by atoms with Gasteiger partial charge >= 0.3 is 0 Å². The van der Waals surface area contributed by atoms with E-state index in [0.29, 0.717) is 6.10 Å². The van der Waals surface area contributed by atoms with Crippen LogP contribution in [0.5, 0.6) is 0 Å². The molecule has 1 aromatic rings. The van der Waals surface area contributed by atoms with Crippen molar-refractivity contribution in [1.29, 1.82) is 0 Å². The summed E-state index contributed by atoms with van der Waals surface area (Å²) in [5.41, 5.74) is 4.10. The van der Waals surface area contributed by atoms with E-state index in [1.165, 1.54) is 23.2 Å². The van der Waals surface area contributed by atoms with Gasteiger partial charge in [-0.05, 0) is 43.5 Å². The molecular formula is C16H26N2O. The molecule has 0 saturated carbocycles. The quantitative estimate of drug-likeness (QED) is 0.798. The smallest absolute Gasteiger partial charge is 0.0762 e. The largest absolute Gasteiger partial charge is 0.380 e. The Morgan fingerprint density at radius 1 is 1.42 bits per heavy atom. The fourth-order valence-electron chi connectivity index (χ4n) is 2.73. The van der Waals surface area contributed by atoms with E-state index in [9.17, 15) is 0 Å². The molecule has 2 rings (SSSR count). The molecule has 106 valence electrons. The first kappa shape index (κ1) is 14.4. The standard InChI is InChI=1S/C16H26N2O/c1-4-8-17-11-14-5-6-16(13(2)10-14)18-9-7-15(12-18)19-3/h5-6,10,15,17H,4,7-9,11-12H2,1-3H3. The summed E-state index contributed by atoms with van der Waals surface area (Å²) in [4.78, 5) is 2.44. The van der Waals surface area contributed by atoms with Gasteiger partial charge in [-0.25, -0.2) is 0 Å². The Morgan fingerprint density at radius 3 is 2.89 bits per heavy atom. The van der Waals surface area contributed by atoms with Crippen LogP contribution < -0.4 is 10.2 Å². The van der Waals surface area contributed by atoms with Crippen LogP contribution in [0.15, 0.2) is 18.2 Å². The molecule has 0 radical (unpaired) electrons. The van der Waals surface area contributed by atoms with Crippen molar-refractivity contribution in [2.24, 2.45) is 0 Å². The molecule has 1 aromatic carbocycles. The number of nitrogens with one attached hydrogen (secondary N) is 1. The summed E-state index contributed by atoms with van der Waals surface area (Å²) in [6.07, 6.45) is 2.71. The van der Waals surface area contributed by atoms with E-state index in [4.69, 9.17) is 4.74 Å². The molecule has 3 nitrogen and oxygen atoms in total. The molecule has 0 aromatic heterocycles. The average Bonchev–Trinajstić information content (AvgIpc) is 2.88. The van der Waals surface area contributed by atoms with Crippen molar-refractivity contribution in [3.8, 4) is 0 Å². The van der Waals surface area contributed by atoms with E-state index in [1.807, 2.05) is 7.11 Å². The maximum absolute atomic E-state index is 5.44. The second kappa shape index (κ2) is 6.92. The summed E-state index contributed by atoms with van der Waals surface area (Å²) in [5, 5.41) is 3.45. The van der Waals surface area contributed by atoms with E-state index in [-0.39, 0.29) is 0 Å². The topological polar surface area (TPSA) is 24.5 Å². The van der Waals surface area contributed by atoms with Crippen LogP contribution in [0, 0.1) is 6.92 Å². The molecule has 1 saturated heterocycles. The number of hydrogen-bond acceptors (Lipinski definition) is 3. The van der Waals surface area contributed by atoms with Crippen LogP contribution in [-0.2, 0) is 11.3 Å². The number of methoxy groups -OCH3 is 1. The van der Waals surface area contributed by atoms with Crippen molar-refractivity contribution in [1.82, 2.24) is 5.32 Å². The van der Waals surface area contributed by atoms with Crippen molar-refractivity contribution in [3.63, 3.8) is 0 Å². The predicted octanol–water partition coefficient (Wildman–Crippen LogP) is 2.72. The minimum atomic E-state index is 0.394. The van der Waals surface area contributed by atoms with Crippen molar-refractivity contribution in [2.45, 2.75) is 39.3 Å². The number of anilines is 1. The van der Waals surface area contributed by atoms with Gasteiger partial charge in [-0.2, -0.15) is 0 Å². The Kier molecular flexibility index (Phi) is 5.23. The summed E-state index contributed by atoms with van der Waals surface area (Å²) in [6.45, 7) is 8.58. The molecule has 0 aliphatic carbocycles. The van der Waals surface area contributed by atoms with Crippen molar-refractivity contribution < 1.29 is 4.74 Å². The molecule has 0 amide bonds. The number of hydrogen-bond donors (Lipinski definition) is 1. The van der Waals surface area contributed by atoms with Crippen LogP contribution in [-0.4, -0.2) is 32.8 Å². The molecule has 1 N–H and O–H groups in total. The van der Waals surface area contributed by atoms with Gasteiger partial charge in [0.15, 0.2) is 0 Å². The first-order chi connectivity index (χ1) is 9.24. The number of aryl methyl sites for hydroxylation is 1. The van der Waals surface area contributed by atoms with E-state index in [1.54, 1.807) is 0 Å². The van der Waals surface area contributed by atoms with Gasteiger partial charge in [0, 0.05) is 32.4 Å². The molecule has 1 heterocycles. The van der Waals surface area contributed by atoms with Gasteiger partial charge in [0.2, 0.25) is 0 Å². The Balaban J connectivity index is 1.99. The molecule has 3 heteroatoms. The second-order valence-corrected chi connectivity index (χ2v) is 5.39. The zero-order valence-corrected chi connectivity index (χ0v) is 12.4. The molecular weight excluding hydrogens is 236 g/mol. The average molecular weight is 262 g/mol. The molecule has 1 aliphatic rings. The summed E-state index contributed by atoms with van der Waals surface area (Å²) < 4.78 is 5.44. The van der Waals surface area contributed by atoms with Gasteiger partial charge in [0.05, 0.1) is 6.10 Å². The lowest BCUT2D eigenvalue weighted by molar-refractivity contribution is 0.121. The Morgan fingerprint density at radius 2 is 2.26 bits per heavy atom. The number of ether oxygens (including phenoxy) is 1. The zero-order chi connectivity index (χ0) is 13.7. The maximum atomic E-state index is 5.44. The summed E-state index contributed by atoms with van der Waals surface area (Å²) in [7, 11) is 1.81. The van der Waals surface area contributed by atoms with Crippen LogP contribution in [0.4, 0.5) is 5.69 Å². The highest BCUT2D eigenvalue weighted by atomic mass is 16.5. The highest BCUT2D eigenvalue weighted by Crippen LogP contribution is 2.26. The zero-order valence-electron chi connectivity index (χ0n) is 12.4. The molecule has 1 atom stereocenters. The second-order valence-electron chi connectivity index (χ2n) is 5.39. The van der Waals surface area contributed by atoms with Crippen molar-refractivity contribution in [3.05, 3.63) is 29.3 Å². The van der Waals surface area contributed by atoms with Crippen LogP contribution in [0.25, 0.3) is 0 Å². The minimum Gasteiger partial charge on any atom is -0.380 e. The normalized spacial score (nSPS) is 19.1. The van der Waals surface area contributed by atoms with E-state index >= 15 is 0 Å². The fourth-order valence-corrected chi connectivity index (χ4v) is 2.73. The van der Waals surface area contributed by atoms with Gasteiger partial charge in [-0.3, -0.25) is 0 Å². The fraction of sp³-hybridized carbons (Fsp3) is 0.625. The van der Waals surface area contributed by atoms with Gasteiger partial charge in [0.25, 0.3) is 0 Å². The highest BCUT2D eigenvalue weighted by molar-refractivity contribution is 5.55. The van der Waals surface area contributed by atoms with E-state index in [0.717, 1.165) is 32.6 Å². The lowest BCUT2D eigenvalue weighted by atomic mass is 10.1. The Labute approximate surface area is 116 Å². The van der Waals surface area contributed by atoms with Gasteiger partial charge in [-0.15, -0.1) is 0 Å². The summed E-state index contributed by atoms with van der Waals surface area (Å²) in [5.74, 6) is 0. The van der Waals surface area contributed by atoms with Crippen LogP contribution >= 0.6 is 0 Å². The van der Waals surface area contributed by atoms with Crippen molar-refractivity contribution in [2.75, 3.05) is 31.6 Å². The third-order valence-electron chi connectivity index (χ3n) is 3.84.